The molecule has 0 bridgehead atoms. The lowest BCUT2D eigenvalue weighted by atomic mass is 10.1. The van der Waals surface area contributed by atoms with E-state index in [0.29, 0.717) is 24.4 Å². The summed E-state index contributed by atoms with van der Waals surface area (Å²) in [5.41, 5.74) is 0.997. The van der Waals surface area contributed by atoms with Crippen LogP contribution in [-0.4, -0.2) is 33.7 Å². The van der Waals surface area contributed by atoms with Gasteiger partial charge < -0.3 is 10.6 Å². The van der Waals surface area contributed by atoms with Crippen LogP contribution in [0.15, 0.2) is 29.2 Å². The molecule has 118 valence electrons. The van der Waals surface area contributed by atoms with E-state index in [0.717, 1.165) is 12.0 Å². The van der Waals surface area contributed by atoms with Gasteiger partial charge in [0, 0.05) is 31.8 Å². The van der Waals surface area contributed by atoms with E-state index in [4.69, 9.17) is 0 Å². The monoisotopic (exact) mass is 312 g/mol. The smallest absolute Gasteiger partial charge is 0.221 e. The molecule has 1 unspecified atom stereocenters. The van der Waals surface area contributed by atoms with Gasteiger partial charge in [0.25, 0.3) is 0 Å². The Balaban J connectivity index is 2.45. The predicted octanol–water partition coefficient (Wildman–Crippen LogP) is 1.66. The molecular weight excluding hydrogens is 288 g/mol. The van der Waals surface area contributed by atoms with Gasteiger partial charge in [-0.25, -0.2) is 8.42 Å². The highest BCUT2D eigenvalue weighted by Gasteiger charge is 2.09. The highest BCUT2D eigenvalue weighted by atomic mass is 32.2. The lowest BCUT2D eigenvalue weighted by Gasteiger charge is -2.14. The van der Waals surface area contributed by atoms with E-state index in [-0.39, 0.29) is 11.9 Å². The Labute approximate surface area is 127 Å². The third-order valence-corrected chi connectivity index (χ3v) is 4.31. The molecule has 0 aliphatic rings. The zero-order valence-corrected chi connectivity index (χ0v) is 13.7. The zero-order valence-electron chi connectivity index (χ0n) is 12.8. The Morgan fingerprint density at radius 2 is 1.81 bits per heavy atom. The van der Waals surface area contributed by atoms with Crippen molar-refractivity contribution in [2.75, 3.05) is 19.3 Å². The molecule has 0 fully saturated rings. The maximum Gasteiger partial charge on any atom is 0.221 e. The number of amides is 1. The van der Waals surface area contributed by atoms with E-state index in [1.165, 1.54) is 6.26 Å². The van der Waals surface area contributed by atoms with E-state index in [9.17, 15) is 13.2 Å². The number of carbonyl (C=O) groups is 1. The Kier molecular flexibility index (Phi) is 6.84. The molecule has 0 saturated heterocycles. The van der Waals surface area contributed by atoms with Crippen LogP contribution in [0.5, 0.6) is 0 Å². The van der Waals surface area contributed by atoms with Gasteiger partial charge in [0.1, 0.15) is 0 Å². The Morgan fingerprint density at radius 1 is 1.19 bits per heavy atom. The second-order valence-corrected chi connectivity index (χ2v) is 7.13. The number of benzene rings is 1. The van der Waals surface area contributed by atoms with Crippen molar-refractivity contribution >= 4 is 15.7 Å². The van der Waals surface area contributed by atoms with Gasteiger partial charge in [-0.3, -0.25) is 4.79 Å². The summed E-state index contributed by atoms with van der Waals surface area (Å²) in [5.74, 6) is 0.0453. The van der Waals surface area contributed by atoms with Gasteiger partial charge in [-0.1, -0.05) is 19.1 Å². The average molecular weight is 312 g/mol. The van der Waals surface area contributed by atoms with Crippen molar-refractivity contribution in [2.45, 2.75) is 37.6 Å². The first-order valence-corrected chi connectivity index (χ1v) is 9.04. The Bertz CT molecular complexity index is 553. The molecule has 1 aromatic carbocycles. The molecule has 1 rings (SSSR count). The normalized spacial score (nSPS) is 12.9. The van der Waals surface area contributed by atoms with E-state index < -0.39 is 9.84 Å². The SMILES string of the molecule is CCCNC(=O)CCNC(C)c1ccc(S(C)(=O)=O)cc1. The minimum Gasteiger partial charge on any atom is -0.356 e. The molecule has 6 heteroatoms. The van der Waals surface area contributed by atoms with Crippen molar-refractivity contribution < 1.29 is 13.2 Å². The molecule has 0 aromatic heterocycles. The number of rotatable bonds is 8. The second-order valence-electron chi connectivity index (χ2n) is 5.12. The molecule has 0 heterocycles. The average Bonchev–Trinajstić information content (AvgIpc) is 2.44. The summed E-state index contributed by atoms with van der Waals surface area (Å²) in [6.45, 7) is 5.30. The first-order valence-electron chi connectivity index (χ1n) is 7.14. The molecular formula is C15H24N2O3S. The van der Waals surface area contributed by atoms with Crippen LogP contribution in [0.2, 0.25) is 0 Å². The maximum absolute atomic E-state index is 11.5. The van der Waals surface area contributed by atoms with Crippen molar-refractivity contribution in [3.05, 3.63) is 29.8 Å². The molecule has 1 atom stereocenters. The van der Waals surface area contributed by atoms with Crippen LogP contribution >= 0.6 is 0 Å². The predicted molar refractivity (Wildman–Crippen MR) is 83.9 cm³/mol. The molecule has 0 saturated carbocycles. The van der Waals surface area contributed by atoms with Crippen molar-refractivity contribution in [1.29, 1.82) is 0 Å². The maximum atomic E-state index is 11.5. The summed E-state index contributed by atoms with van der Waals surface area (Å²) in [6.07, 6.45) is 2.56. The number of hydrogen-bond donors (Lipinski definition) is 2. The quantitative estimate of drug-likeness (QED) is 0.765. The van der Waals surface area contributed by atoms with Gasteiger partial charge in [0.15, 0.2) is 9.84 Å². The number of carbonyl (C=O) groups excluding carboxylic acids is 1. The van der Waals surface area contributed by atoms with Crippen molar-refractivity contribution in [3.63, 3.8) is 0 Å². The van der Waals surface area contributed by atoms with Crippen LogP contribution in [0.4, 0.5) is 0 Å². The fourth-order valence-electron chi connectivity index (χ4n) is 1.88. The topological polar surface area (TPSA) is 75.3 Å². The molecule has 1 amide bonds. The van der Waals surface area contributed by atoms with Crippen LogP contribution in [0.25, 0.3) is 0 Å². The van der Waals surface area contributed by atoms with Crippen LogP contribution < -0.4 is 10.6 Å². The molecule has 0 spiro atoms. The third-order valence-electron chi connectivity index (χ3n) is 3.18. The van der Waals surface area contributed by atoms with Gasteiger partial charge in [0.2, 0.25) is 5.91 Å². The van der Waals surface area contributed by atoms with Gasteiger partial charge in [-0.05, 0) is 31.0 Å². The highest BCUT2D eigenvalue weighted by molar-refractivity contribution is 7.90. The minimum absolute atomic E-state index is 0.0453. The molecule has 0 radical (unpaired) electrons. The van der Waals surface area contributed by atoms with Crippen molar-refractivity contribution in [3.8, 4) is 0 Å². The van der Waals surface area contributed by atoms with Crippen molar-refractivity contribution in [2.24, 2.45) is 0 Å². The van der Waals surface area contributed by atoms with E-state index >= 15 is 0 Å². The van der Waals surface area contributed by atoms with Crippen LogP contribution in [-0.2, 0) is 14.6 Å². The number of nitrogens with one attached hydrogen (secondary N) is 2. The standard InChI is InChI=1S/C15H24N2O3S/c1-4-10-17-15(18)9-11-16-12(2)13-5-7-14(8-6-13)21(3,19)20/h5-8,12,16H,4,9-11H2,1-3H3,(H,17,18). The fourth-order valence-corrected chi connectivity index (χ4v) is 2.51. The molecule has 21 heavy (non-hydrogen) atoms. The molecule has 0 aliphatic carbocycles. The molecule has 1 aromatic rings. The summed E-state index contributed by atoms with van der Waals surface area (Å²) in [6, 6.07) is 6.88. The van der Waals surface area contributed by atoms with Gasteiger partial charge in [-0.2, -0.15) is 0 Å². The van der Waals surface area contributed by atoms with Gasteiger partial charge in [0.05, 0.1) is 4.90 Å². The largest absolute Gasteiger partial charge is 0.356 e. The van der Waals surface area contributed by atoms with E-state index in [2.05, 4.69) is 10.6 Å². The van der Waals surface area contributed by atoms with Gasteiger partial charge >= 0.3 is 0 Å². The van der Waals surface area contributed by atoms with Crippen molar-refractivity contribution in [1.82, 2.24) is 10.6 Å². The first-order chi connectivity index (χ1) is 9.84. The minimum atomic E-state index is -3.16. The van der Waals surface area contributed by atoms with Gasteiger partial charge in [-0.15, -0.1) is 0 Å². The number of sulfone groups is 1. The zero-order chi connectivity index (χ0) is 15.9. The second kappa shape index (κ2) is 8.14. The first kappa shape index (κ1) is 17.7. The highest BCUT2D eigenvalue weighted by Crippen LogP contribution is 2.16. The van der Waals surface area contributed by atoms with Crippen LogP contribution in [0, 0.1) is 0 Å². The van der Waals surface area contributed by atoms with Crippen LogP contribution in [0.3, 0.4) is 0 Å². The molecule has 5 nitrogen and oxygen atoms in total. The third kappa shape index (κ3) is 6.27. The Hall–Kier alpha value is -1.40. The lowest BCUT2D eigenvalue weighted by molar-refractivity contribution is -0.121. The van der Waals surface area contributed by atoms with Crippen LogP contribution in [0.1, 0.15) is 38.3 Å². The molecule has 0 aliphatic heterocycles. The summed E-state index contributed by atoms with van der Waals surface area (Å²) in [4.78, 5) is 11.8. The summed E-state index contributed by atoms with van der Waals surface area (Å²) < 4.78 is 22.8. The van der Waals surface area contributed by atoms with E-state index in [1.54, 1.807) is 24.3 Å². The summed E-state index contributed by atoms with van der Waals surface area (Å²) in [7, 11) is -3.16. The fraction of sp³-hybridized carbons (Fsp3) is 0.533. The summed E-state index contributed by atoms with van der Waals surface area (Å²) >= 11 is 0. The molecule has 2 N–H and O–H groups in total. The number of hydrogen-bond acceptors (Lipinski definition) is 4. The Morgan fingerprint density at radius 3 is 2.33 bits per heavy atom. The van der Waals surface area contributed by atoms with E-state index in [1.807, 2.05) is 13.8 Å². The summed E-state index contributed by atoms with van der Waals surface area (Å²) in [5, 5.41) is 6.08. The lowest BCUT2D eigenvalue weighted by Crippen LogP contribution is -2.29.